The van der Waals surface area contributed by atoms with E-state index in [0.717, 1.165) is 47.8 Å². The highest BCUT2D eigenvalue weighted by atomic mass is 32.1. The van der Waals surface area contributed by atoms with Gasteiger partial charge in [0.05, 0.1) is 12.8 Å². The molecule has 0 saturated carbocycles. The van der Waals surface area contributed by atoms with Crippen molar-refractivity contribution in [2.75, 3.05) is 13.7 Å². The number of carboxylic acid groups (broad SMARTS) is 1. The number of nitrogens with zero attached hydrogens (tertiary/aromatic N) is 2. The number of methoxy groups -OCH3 is 1. The second-order valence-corrected chi connectivity index (χ2v) is 6.55. The molecule has 0 radical (unpaired) electrons. The van der Waals surface area contributed by atoms with Gasteiger partial charge < -0.3 is 9.84 Å². The average molecular weight is 332 g/mol. The van der Waals surface area contributed by atoms with Crippen LogP contribution in [0.1, 0.15) is 25.0 Å². The molecule has 0 spiro atoms. The van der Waals surface area contributed by atoms with Crippen molar-refractivity contribution >= 4 is 17.3 Å². The van der Waals surface area contributed by atoms with E-state index >= 15 is 0 Å². The van der Waals surface area contributed by atoms with Gasteiger partial charge in [0.25, 0.3) is 0 Å². The molecule has 2 heterocycles. The lowest BCUT2D eigenvalue weighted by atomic mass is 10.0. The summed E-state index contributed by atoms with van der Waals surface area (Å²) >= 11 is 1.59. The summed E-state index contributed by atoms with van der Waals surface area (Å²) in [4.78, 5) is 18.1. The number of carbonyl (C=O) groups is 1. The molecule has 122 valence electrons. The first-order chi connectivity index (χ1) is 11.2. The van der Waals surface area contributed by atoms with Gasteiger partial charge in [0, 0.05) is 17.5 Å². The molecule has 1 aliphatic heterocycles. The number of ether oxygens (including phenoxy) is 1. The second-order valence-electron chi connectivity index (χ2n) is 5.69. The highest BCUT2D eigenvalue weighted by molar-refractivity contribution is 7.13. The Labute approximate surface area is 139 Å². The molecule has 3 rings (SSSR count). The number of hydrogen-bond acceptors (Lipinski definition) is 5. The maximum atomic E-state index is 11.4. The fourth-order valence-corrected chi connectivity index (χ4v) is 3.73. The van der Waals surface area contributed by atoms with E-state index in [0.29, 0.717) is 6.54 Å². The summed E-state index contributed by atoms with van der Waals surface area (Å²) in [6.45, 7) is 1.43. The van der Waals surface area contributed by atoms with Crippen molar-refractivity contribution in [2.24, 2.45) is 0 Å². The molecule has 5 nitrogen and oxygen atoms in total. The zero-order chi connectivity index (χ0) is 16.2. The van der Waals surface area contributed by atoms with E-state index in [1.54, 1.807) is 18.4 Å². The highest BCUT2D eigenvalue weighted by Crippen LogP contribution is 2.27. The zero-order valence-corrected chi connectivity index (χ0v) is 13.9. The van der Waals surface area contributed by atoms with Crippen LogP contribution in [-0.2, 0) is 11.3 Å². The number of aromatic nitrogens is 1. The Morgan fingerprint density at radius 2 is 2.17 bits per heavy atom. The molecule has 1 N–H and O–H groups in total. The monoisotopic (exact) mass is 332 g/mol. The molecule has 1 saturated heterocycles. The summed E-state index contributed by atoms with van der Waals surface area (Å²) in [6, 6.07) is 7.43. The van der Waals surface area contributed by atoms with Crippen molar-refractivity contribution in [3.63, 3.8) is 0 Å². The quantitative estimate of drug-likeness (QED) is 0.910. The highest BCUT2D eigenvalue weighted by Gasteiger charge is 2.28. The normalized spacial score (nSPS) is 18.7. The van der Waals surface area contributed by atoms with Crippen LogP contribution in [0.25, 0.3) is 10.6 Å². The van der Waals surface area contributed by atoms with Crippen LogP contribution in [-0.4, -0.2) is 40.7 Å². The number of rotatable bonds is 5. The van der Waals surface area contributed by atoms with Crippen LogP contribution in [0.5, 0.6) is 5.75 Å². The summed E-state index contributed by atoms with van der Waals surface area (Å²) in [5.41, 5.74) is 1.99. The van der Waals surface area contributed by atoms with Gasteiger partial charge in [-0.15, -0.1) is 11.3 Å². The SMILES string of the molecule is COc1ccc(-c2nc(CN3CCCCC3C(=O)O)cs2)cc1. The number of likely N-dealkylation sites (tertiary alicyclic amines) is 1. The van der Waals surface area contributed by atoms with Crippen molar-refractivity contribution in [3.8, 4) is 16.3 Å². The fourth-order valence-electron chi connectivity index (χ4n) is 2.91. The Morgan fingerprint density at radius 3 is 2.87 bits per heavy atom. The molecule has 1 aromatic heterocycles. The van der Waals surface area contributed by atoms with E-state index in [1.165, 1.54) is 0 Å². The van der Waals surface area contributed by atoms with Gasteiger partial charge in [0.15, 0.2) is 0 Å². The Bertz CT molecular complexity index is 669. The van der Waals surface area contributed by atoms with Crippen LogP contribution in [0.4, 0.5) is 0 Å². The summed E-state index contributed by atoms with van der Waals surface area (Å²) in [6.07, 6.45) is 2.77. The molecule has 1 aliphatic rings. The molecule has 1 aromatic carbocycles. The van der Waals surface area contributed by atoms with Crippen LogP contribution in [0.2, 0.25) is 0 Å². The van der Waals surface area contributed by atoms with Crippen LogP contribution >= 0.6 is 11.3 Å². The summed E-state index contributed by atoms with van der Waals surface area (Å²) in [5.74, 6) is 0.0958. The maximum Gasteiger partial charge on any atom is 0.320 e. The molecular weight excluding hydrogens is 312 g/mol. The van der Waals surface area contributed by atoms with Crippen LogP contribution < -0.4 is 4.74 Å². The fraction of sp³-hybridized carbons (Fsp3) is 0.412. The van der Waals surface area contributed by atoms with E-state index in [9.17, 15) is 9.90 Å². The van der Waals surface area contributed by atoms with Crippen molar-refractivity contribution in [2.45, 2.75) is 31.8 Å². The van der Waals surface area contributed by atoms with Gasteiger partial charge in [0.1, 0.15) is 16.8 Å². The van der Waals surface area contributed by atoms with Crippen molar-refractivity contribution in [3.05, 3.63) is 35.3 Å². The standard InChI is InChI=1S/C17H20N2O3S/c1-22-14-7-5-12(6-8-14)16-18-13(11-23-16)10-19-9-3-2-4-15(19)17(20)21/h5-8,11,15H,2-4,9-10H2,1H3,(H,20,21). The Balaban J connectivity index is 1.72. The zero-order valence-electron chi connectivity index (χ0n) is 13.1. The lowest BCUT2D eigenvalue weighted by molar-refractivity contribution is -0.144. The van der Waals surface area contributed by atoms with Crippen molar-refractivity contribution < 1.29 is 14.6 Å². The number of aliphatic carboxylic acids is 1. The number of hydrogen-bond donors (Lipinski definition) is 1. The first-order valence-electron chi connectivity index (χ1n) is 7.73. The molecule has 1 fully saturated rings. The third-order valence-corrected chi connectivity index (χ3v) is 5.09. The molecule has 23 heavy (non-hydrogen) atoms. The van der Waals surface area contributed by atoms with E-state index in [1.807, 2.05) is 34.5 Å². The summed E-state index contributed by atoms with van der Waals surface area (Å²) in [5, 5.41) is 12.3. The first kappa shape index (κ1) is 16.0. The summed E-state index contributed by atoms with van der Waals surface area (Å²) < 4.78 is 5.17. The number of carboxylic acids is 1. The molecule has 6 heteroatoms. The van der Waals surface area contributed by atoms with Gasteiger partial charge in [-0.2, -0.15) is 0 Å². The Kier molecular flexibility index (Phi) is 4.93. The largest absolute Gasteiger partial charge is 0.497 e. The summed E-state index contributed by atoms with van der Waals surface area (Å²) in [7, 11) is 1.65. The number of benzene rings is 1. The minimum absolute atomic E-state index is 0.380. The second kappa shape index (κ2) is 7.10. The molecule has 0 bridgehead atoms. The van der Waals surface area contributed by atoms with Gasteiger partial charge in [-0.1, -0.05) is 6.42 Å². The minimum atomic E-state index is -0.727. The van der Waals surface area contributed by atoms with E-state index in [4.69, 9.17) is 4.74 Å². The lowest BCUT2D eigenvalue weighted by Gasteiger charge is -2.32. The smallest absolute Gasteiger partial charge is 0.320 e. The third-order valence-electron chi connectivity index (χ3n) is 4.15. The molecule has 1 atom stereocenters. The molecule has 0 aliphatic carbocycles. The minimum Gasteiger partial charge on any atom is -0.497 e. The lowest BCUT2D eigenvalue weighted by Crippen LogP contribution is -2.44. The van der Waals surface area contributed by atoms with E-state index in [2.05, 4.69) is 4.98 Å². The van der Waals surface area contributed by atoms with Crippen molar-refractivity contribution in [1.29, 1.82) is 0 Å². The van der Waals surface area contributed by atoms with Gasteiger partial charge in [-0.05, 0) is 43.7 Å². The molecule has 2 aromatic rings. The van der Waals surface area contributed by atoms with Crippen LogP contribution in [0.15, 0.2) is 29.6 Å². The topological polar surface area (TPSA) is 62.7 Å². The maximum absolute atomic E-state index is 11.4. The van der Waals surface area contributed by atoms with Crippen LogP contribution in [0.3, 0.4) is 0 Å². The van der Waals surface area contributed by atoms with E-state index in [-0.39, 0.29) is 6.04 Å². The van der Waals surface area contributed by atoms with Gasteiger partial charge in [0.2, 0.25) is 0 Å². The molecule has 1 unspecified atom stereocenters. The average Bonchev–Trinajstić information content (AvgIpc) is 3.04. The van der Waals surface area contributed by atoms with Crippen LogP contribution in [0, 0.1) is 0 Å². The predicted octanol–water partition coefficient (Wildman–Crippen LogP) is 3.26. The first-order valence-corrected chi connectivity index (χ1v) is 8.61. The molecule has 0 amide bonds. The van der Waals surface area contributed by atoms with Gasteiger partial charge in [-0.3, -0.25) is 9.69 Å². The number of piperidine rings is 1. The molecular formula is C17H20N2O3S. The van der Waals surface area contributed by atoms with Crippen molar-refractivity contribution in [1.82, 2.24) is 9.88 Å². The predicted molar refractivity (Wildman–Crippen MR) is 89.8 cm³/mol. The van der Waals surface area contributed by atoms with Gasteiger partial charge in [-0.25, -0.2) is 4.98 Å². The number of thiazole rings is 1. The van der Waals surface area contributed by atoms with E-state index < -0.39 is 5.97 Å². The Hall–Kier alpha value is -1.92. The Morgan fingerprint density at radius 1 is 1.39 bits per heavy atom. The van der Waals surface area contributed by atoms with Gasteiger partial charge >= 0.3 is 5.97 Å². The third kappa shape index (κ3) is 3.71.